The first-order valence-corrected chi connectivity index (χ1v) is 5.03. The van der Waals surface area contributed by atoms with E-state index in [1.165, 1.54) is 17.5 Å². The molecule has 0 radical (unpaired) electrons. The Morgan fingerprint density at radius 1 is 1.36 bits per heavy atom. The maximum Gasteiger partial charge on any atom is 0.0995 e. The van der Waals surface area contributed by atoms with Crippen molar-refractivity contribution in [3.8, 4) is 6.07 Å². The van der Waals surface area contributed by atoms with Crippen molar-refractivity contribution in [3.63, 3.8) is 0 Å². The molecule has 72 valence electrons. The molecule has 0 aliphatic heterocycles. The van der Waals surface area contributed by atoms with Gasteiger partial charge in [-0.25, -0.2) is 0 Å². The van der Waals surface area contributed by atoms with Crippen LogP contribution in [0.15, 0.2) is 12.1 Å². The molecule has 14 heavy (non-hydrogen) atoms. The number of hydrogen-bond donors (Lipinski definition) is 1. The van der Waals surface area contributed by atoms with Crippen LogP contribution in [0.3, 0.4) is 0 Å². The summed E-state index contributed by atoms with van der Waals surface area (Å²) in [4.78, 5) is 0. The van der Waals surface area contributed by atoms with Crippen molar-refractivity contribution in [2.24, 2.45) is 5.73 Å². The van der Waals surface area contributed by atoms with Crippen molar-refractivity contribution in [1.82, 2.24) is 0 Å². The summed E-state index contributed by atoms with van der Waals surface area (Å²) in [7, 11) is 0. The minimum absolute atomic E-state index is 0.0458. The maximum absolute atomic E-state index is 8.99. The van der Waals surface area contributed by atoms with E-state index in [2.05, 4.69) is 12.1 Å². The molecule has 1 aromatic rings. The average Bonchev–Trinajstić information content (AvgIpc) is 2.62. The maximum atomic E-state index is 8.99. The molecule has 2 rings (SSSR count). The molecule has 2 N–H and O–H groups in total. The summed E-state index contributed by atoms with van der Waals surface area (Å²) in [5.41, 5.74) is 10.3. The Morgan fingerprint density at radius 2 is 2.00 bits per heavy atom. The number of aryl methyl sites for hydroxylation is 2. The van der Waals surface area contributed by atoms with Gasteiger partial charge in [0, 0.05) is 6.04 Å². The highest BCUT2D eigenvalue weighted by molar-refractivity contribution is 5.47. The Balaban J connectivity index is 2.56. The van der Waals surface area contributed by atoms with Gasteiger partial charge in [-0.3, -0.25) is 0 Å². The van der Waals surface area contributed by atoms with Gasteiger partial charge in [0.05, 0.1) is 11.6 Å². The molecule has 0 fully saturated rings. The van der Waals surface area contributed by atoms with E-state index in [9.17, 15) is 0 Å². The Kier molecular flexibility index (Phi) is 2.26. The molecule has 0 saturated heterocycles. The Hall–Kier alpha value is -1.33. The molecule has 0 amide bonds. The number of nitrogens with two attached hydrogens (primary N) is 1. The Bertz CT molecular complexity index is 400. The smallest absolute Gasteiger partial charge is 0.0995 e. The van der Waals surface area contributed by atoms with Crippen molar-refractivity contribution >= 4 is 0 Å². The van der Waals surface area contributed by atoms with Crippen molar-refractivity contribution in [2.45, 2.75) is 32.2 Å². The molecule has 1 atom stereocenters. The number of nitriles is 1. The summed E-state index contributed by atoms with van der Waals surface area (Å²) < 4.78 is 0. The highest BCUT2D eigenvalue weighted by Crippen LogP contribution is 2.27. The summed E-state index contributed by atoms with van der Waals surface area (Å²) in [5, 5.41) is 8.99. The number of hydrogen-bond acceptors (Lipinski definition) is 2. The van der Waals surface area contributed by atoms with Crippen LogP contribution >= 0.6 is 0 Å². The lowest BCUT2D eigenvalue weighted by atomic mass is 9.97. The zero-order valence-corrected chi connectivity index (χ0v) is 8.38. The molecule has 0 bridgehead atoms. The van der Waals surface area contributed by atoms with Crippen LogP contribution in [-0.4, -0.2) is 0 Å². The molecule has 0 saturated carbocycles. The lowest BCUT2D eigenvalue weighted by Crippen LogP contribution is -2.08. The molecule has 2 heteroatoms. The van der Waals surface area contributed by atoms with Crippen LogP contribution in [0.4, 0.5) is 0 Å². The molecule has 2 nitrogen and oxygen atoms in total. The first kappa shape index (κ1) is 9.23. The SMILES string of the molecule is C[C@@H](N)c1cc2c(cc1C#N)CCC2. The second-order valence-corrected chi connectivity index (χ2v) is 3.96. The second-order valence-electron chi connectivity index (χ2n) is 3.96. The Labute approximate surface area is 84.3 Å². The van der Waals surface area contributed by atoms with Crippen LogP contribution in [0.2, 0.25) is 0 Å². The fraction of sp³-hybridized carbons (Fsp3) is 0.417. The van der Waals surface area contributed by atoms with E-state index in [4.69, 9.17) is 11.0 Å². The molecular formula is C12H14N2. The lowest BCUT2D eigenvalue weighted by molar-refractivity contribution is 0.812. The topological polar surface area (TPSA) is 49.8 Å². The molecule has 0 aromatic heterocycles. The number of fused-ring (bicyclic) bond motifs is 1. The van der Waals surface area contributed by atoms with Crippen molar-refractivity contribution in [1.29, 1.82) is 5.26 Å². The van der Waals surface area contributed by atoms with Gasteiger partial charge in [0.1, 0.15) is 0 Å². The summed E-state index contributed by atoms with van der Waals surface area (Å²) in [6.45, 7) is 1.93. The van der Waals surface area contributed by atoms with Gasteiger partial charge in [0.2, 0.25) is 0 Å². The summed E-state index contributed by atoms with van der Waals surface area (Å²) in [6, 6.07) is 6.31. The molecule has 0 unspecified atom stereocenters. The van der Waals surface area contributed by atoms with Crippen LogP contribution in [0.1, 0.15) is 41.6 Å². The number of nitrogens with zero attached hydrogens (tertiary/aromatic N) is 1. The minimum Gasteiger partial charge on any atom is -0.324 e. The van der Waals surface area contributed by atoms with Gasteiger partial charge < -0.3 is 5.73 Å². The van der Waals surface area contributed by atoms with Crippen LogP contribution in [-0.2, 0) is 12.8 Å². The standard InChI is InChI=1S/C12H14N2/c1-8(14)12-6-10-4-2-3-9(10)5-11(12)7-13/h5-6,8H,2-4,14H2,1H3/t8-/m1/s1. The second kappa shape index (κ2) is 3.43. The van der Waals surface area contributed by atoms with E-state index >= 15 is 0 Å². The van der Waals surface area contributed by atoms with E-state index in [1.54, 1.807) is 0 Å². The fourth-order valence-corrected chi connectivity index (χ4v) is 2.12. The van der Waals surface area contributed by atoms with Crippen LogP contribution in [0.5, 0.6) is 0 Å². The predicted molar refractivity (Wildman–Crippen MR) is 55.8 cm³/mol. The van der Waals surface area contributed by atoms with Gasteiger partial charge in [-0.05, 0) is 48.9 Å². The summed E-state index contributed by atoms with van der Waals surface area (Å²) in [6.07, 6.45) is 3.46. The third-order valence-electron chi connectivity index (χ3n) is 2.88. The third-order valence-corrected chi connectivity index (χ3v) is 2.88. The minimum atomic E-state index is -0.0458. The number of rotatable bonds is 1. The van der Waals surface area contributed by atoms with Crippen LogP contribution in [0.25, 0.3) is 0 Å². The van der Waals surface area contributed by atoms with E-state index in [1.807, 2.05) is 13.0 Å². The first-order valence-electron chi connectivity index (χ1n) is 5.03. The van der Waals surface area contributed by atoms with Gasteiger partial charge in [-0.15, -0.1) is 0 Å². The summed E-state index contributed by atoms with van der Waals surface area (Å²) >= 11 is 0. The van der Waals surface area contributed by atoms with E-state index in [0.29, 0.717) is 0 Å². The molecule has 1 aromatic carbocycles. The zero-order valence-electron chi connectivity index (χ0n) is 8.38. The normalized spacial score (nSPS) is 16.1. The van der Waals surface area contributed by atoms with Crippen molar-refractivity contribution < 1.29 is 0 Å². The van der Waals surface area contributed by atoms with Gasteiger partial charge in [-0.2, -0.15) is 5.26 Å². The van der Waals surface area contributed by atoms with Crippen molar-refractivity contribution in [3.05, 3.63) is 34.4 Å². The third kappa shape index (κ3) is 1.40. The van der Waals surface area contributed by atoms with Gasteiger partial charge in [0.15, 0.2) is 0 Å². The number of benzene rings is 1. The highest BCUT2D eigenvalue weighted by atomic mass is 14.6. The van der Waals surface area contributed by atoms with Crippen molar-refractivity contribution in [2.75, 3.05) is 0 Å². The van der Waals surface area contributed by atoms with Gasteiger partial charge in [0.25, 0.3) is 0 Å². The van der Waals surface area contributed by atoms with Gasteiger partial charge >= 0.3 is 0 Å². The van der Waals surface area contributed by atoms with E-state index in [0.717, 1.165) is 24.0 Å². The molecule has 1 aliphatic carbocycles. The molecule has 0 heterocycles. The Morgan fingerprint density at radius 3 is 2.57 bits per heavy atom. The largest absolute Gasteiger partial charge is 0.324 e. The fourth-order valence-electron chi connectivity index (χ4n) is 2.12. The quantitative estimate of drug-likeness (QED) is 0.729. The zero-order chi connectivity index (χ0) is 10.1. The van der Waals surface area contributed by atoms with Gasteiger partial charge in [-0.1, -0.05) is 6.07 Å². The lowest BCUT2D eigenvalue weighted by Gasteiger charge is -2.10. The van der Waals surface area contributed by atoms with Crippen LogP contribution < -0.4 is 5.73 Å². The van der Waals surface area contributed by atoms with E-state index in [-0.39, 0.29) is 6.04 Å². The molecule has 0 spiro atoms. The first-order chi connectivity index (χ1) is 6.72. The predicted octanol–water partition coefficient (Wildman–Crippen LogP) is 2.07. The van der Waals surface area contributed by atoms with E-state index < -0.39 is 0 Å². The molecular weight excluding hydrogens is 172 g/mol. The average molecular weight is 186 g/mol. The summed E-state index contributed by atoms with van der Waals surface area (Å²) in [5.74, 6) is 0. The monoisotopic (exact) mass is 186 g/mol. The highest BCUT2D eigenvalue weighted by Gasteiger charge is 2.15. The van der Waals surface area contributed by atoms with Crippen LogP contribution in [0, 0.1) is 11.3 Å². The molecule has 1 aliphatic rings.